The molecule has 1 aliphatic rings. The van der Waals surface area contributed by atoms with Gasteiger partial charge in [-0.1, -0.05) is 36.4 Å². The molecule has 1 atom stereocenters. The fourth-order valence-electron chi connectivity index (χ4n) is 3.81. The van der Waals surface area contributed by atoms with Gasteiger partial charge in [-0.05, 0) is 18.2 Å². The van der Waals surface area contributed by atoms with Crippen molar-refractivity contribution in [2.45, 2.75) is 6.10 Å². The standard InChI is InChI=1S/C21H25N3O/c1-22-15-19(18-9-5-6-10-20(18)22)21(25)16-23-11-13-24(14-12-23)17-7-3-2-4-8-17/h2-10,15,21,25H,11-14,16H2,1H3/t21-/m1/s1. The first-order valence-electron chi connectivity index (χ1n) is 8.97. The number of rotatable bonds is 4. The third-order valence-electron chi connectivity index (χ3n) is 5.21. The van der Waals surface area contributed by atoms with Gasteiger partial charge in [0.2, 0.25) is 0 Å². The maximum Gasteiger partial charge on any atom is 0.0937 e. The zero-order chi connectivity index (χ0) is 17.2. The Morgan fingerprint density at radius 2 is 1.60 bits per heavy atom. The van der Waals surface area contributed by atoms with Crippen LogP contribution in [0.25, 0.3) is 10.9 Å². The number of aliphatic hydroxyl groups excluding tert-OH is 1. The SMILES string of the molecule is Cn1cc([C@H](O)CN2CCN(c3ccccc3)CC2)c2ccccc21. The molecule has 2 heterocycles. The van der Waals surface area contributed by atoms with Crippen molar-refractivity contribution in [2.24, 2.45) is 7.05 Å². The third-order valence-corrected chi connectivity index (χ3v) is 5.21. The number of aromatic nitrogens is 1. The van der Waals surface area contributed by atoms with E-state index in [0.717, 1.165) is 37.1 Å². The summed E-state index contributed by atoms with van der Waals surface area (Å²) in [5.74, 6) is 0. The molecule has 3 aromatic rings. The minimum atomic E-state index is -0.450. The van der Waals surface area contributed by atoms with Crippen LogP contribution in [0.2, 0.25) is 0 Å². The van der Waals surface area contributed by atoms with Crippen molar-refractivity contribution in [2.75, 3.05) is 37.6 Å². The highest BCUT2D eigenvalue weighted by Crippen LogP contribution is 2.27. The van der Waals surface area contributed by atoms with Crippen LogP contribution in [0.3, 0.4) is 0 Å². The van der Waals surface area contributed by atoms with Gasteiger partial charge in [0.05, 0.1) is 6.10 Å². The predicted octanol–water partition coefficient (Wildman–Crippen LogP) is 3.03. The van der Waals surface area contributed by atoms with Crippen molar-refractivity contribution in [3.8, 4) is 0 Å². The van der Waals surface area contributed by atoms with Gasteiger partial charge >= 0.3 is 0 Å². The highest BCUT2D eigenvalue weighted by atomic mass is 16.3. The van der Waals surface area contributed by atoms with E-state index in [2.05, 4.69) is 63.0 Å². The summed E-state index contributed by atoms with van der Waals surface area (Å²) in [4.78, 5) is 4.78. The third kappa shape index (κ3) is 3.28. The van der Waals surface area contributed by atoms with Gasteiger partial charge in [0, 0.05) is 68.1 Å². The lowest BCUT2D eigenvalue weighted by molar-refractivity contribution is 0.110. The summed E-state index contributed by atoms with van der Waals surface area (Å²) < 4.78 is 2.10. The van der Waals surface area contributed by atoms with Gasteiger partial charge < -0.3 is 14.6 Å². The molecule has 4 nitrogen and oxygen atoms in total. The summed E-state index contributed by atoms with van der Waals surface area (Å²) in [6.45, 7) is 4.67. The molecule has 4 heteroatoms. The second-order valence-corrected chi connectivity index (χ2v) is 6.85. The molecule has 130 valence electrons. The smallest absolute Gasteiger partial charge is 0.0937 e. The van der Waals surface area contributed by atoms with E-state index in [4.69, 9.17) is 0 Å². The second-order valence-electron chi connectivity index (χ2n) is 6.85. The molecule has 1 saturated heterocycles. The number of hydrogen-bond acceptors (Lipinski definition) is 3. The summed E-state index contributed by atoms with van der Waals surface area (Å²) in [6, 6.07) is 18.9. The number of aryl methyl sites for hydroxylation is 1. The number of piperazine rings is 1. The number of nitrogens with zero attached hydrogens (tertiary/aromatic N) is 3. The molecule has 0 spiro atoms. The topological polar surface area (TPSA) is 31.6 Å². The van der Waals surface area contributed by atoms with E-state index in [1.165, 1.54) is 11.2 Å². The van der Waals surface area contributed by atoms with Crippen molar-refractivity contribution >= 4 is 16.6 Å². The maximum absolute atomic E-state index is 10.8. The highest BCUT2D eigenvalue weighted by Gasteiger charge is 2.22. The first-order chi connectivity index (χ1) is 12.2. The molecule has 1 aromatic heterocycles. The fourth-order valence-corrected chi connectivity index (χ4v) is 3.81. The summed E-state index contributed by atoms with van der Waals surface area (Å²) in [5.41, 5.74) is 3.49. The molecule has 0 radical (unpaired) electrons. The van der Waals surface area contributed by atoms with Crippen LogP contribution in [0.1, 0.15) is 11.7 Å². The monoisotopic (exact) mass is 335 g/mol. The van der Waals surface area contributed by atoms with Crippen LogP contribution in [0, 0.1) is 0 Å². The van der Waals surface area contributed by atoms with E-state index in [1.54, 1.807) is 0 Å². The molecule has 0 bridgehead atoms. The van der Waals surface area contributed by atoms with E-state index in [9.17, 15) is 5.11 Å². The molecule has 1 N–H and O–H groups in total. The van der Waals surface area contributed by atoms with Crippen LogP contribution < -0.4 is 4.90 Å². The lowest BCUT2D eigenvalue weighted by atomic mass is 10.1. The Bertz CT molecular complexity index is 835. The Hall–Kier alpha value is -2.30. The Morgan fingerprint density at radius 1 is 0.920 bits per heavy atom. The van der Waals surface area contributed by atoms with Gasteiger partial charge in [-0.25, -0.2) is 0 Å². The van der Waals surface area contributed by atoms with Crippen molar-refractivity contribution in [3.63, 3.8) is 0 Å². The Kier molecular flexibility index (Phi) is 4.47. The van der Waals surface area contributed by atoms with Crippen LogP contribution in [0.4, 0.5) is 5.69 Å². The number of anilines is 1. The number of para-hydroxylation sites is 2. The molecule has 0 saturated carbocycles. The summed E-state index contributed by atoms with van der Waals surface area (Å²) >= 11 is 0. The average Bonchev–Trinajstić information content (AvgIpc) is 3.00. The Morgan fingerprint density at radius 3 is 2.36 bits per heavy atom. The quantitative estimate of drug-likeness (QED) is 0.795. The van der Waals surface area contributed by atoms with Gasteiger partial charge in [-0.3, -0.25) is 4.90 Å². The molecule has 25 heavy (non-hydrogen) atoms. The molecule has 2 aromatic carbocycles. The van der Waals surface area contributed by atoms with Crippen LogP contribution in [0.15, 0.2) is 60.8 Å². The highest BCUT2D eigenvalue weighted by molar-refractivity contribution is 5.84. The van der Waals surface area contributed by atoms with Crippen LogP contribution in [-0.2, 0) is 7.05 Å². The van der Waals surface area contributed by atoms with E-state index in [1.807, 2.05) is 19.2 Å². The lowest BCUT2D eigenvalue weighted by Gasteiger charge is -2.36. The maximum atomic E-state index is 10.8. The number of benzene rings is 2. The van der Waals surface area contributed by atoms with E-state index in [0.29, 0.717) is 6.54 Å². The van der Waals surface area contributed by atoms with E-state index < -0.39 is 6.10 Å². The number of aliphatic hydroxyl groups is 1. The largest absolute Gasteiger partial charge is 0.387 e. The number of fused-ring (bicyclic) bond motifs is 1. The Labute approximate surface area is 148 Å². The summed E-state index contributed by atoms with van der Waals surface area (Å²) in [7, 11) is 2.04. The molecular weight excluding hydrogens is 310 g/mol. The molecule has 1 aliphatic heterocycles. The van der Waals surface area contributed by atoms with Crippen LogP contribution in [-0.4, -0.2) is 47.3 Å². The molecule has 0 unspecified atom stereocenters. The van der Waals surface area contributed by atoms with E-state index in [-0.39, 0.29) is 0 Å². The molecular formula is C21H25N3O. The summed E-state index contributed by atoms with van der Waals surface area (Å²) in [6.07, 6.45) is 1.62. The van der Waals surface area contributed by atoms with Crippen molar-refractivity contribution in [1.29, 1.82) is 0 Å². The predicted molar refractivity (Wildman–Crippen MR) is 103 cm³/mol. The normalized spacial score (nSPS) is 17.1. The van der Waals surface area contributed by atoms with Gasteiger partial charge in [-0.2, -0.15) is 0 Å². The van der Waals surface area contributed by atoms with Gasteiger partial charge in [0.25, 0.3) is 0 Å². The fraction of sp³-hybridized carbons (Fsp3) is 0.333. The minimum absolute atomic E-state index is 0.450. The van der Waals surface area contributed by atoms with Crippen LogP contribution in [0.5, 0.6) is 0 Å². The molecule has 1 fully saturated rings. The summed E-state index contributed by atoms with van der Waals surface area (Å²) in [5, 5.41) is 12.0. The van der Waals surface area contributed by atoms with Crippen molar-refractivity contribution in [1.82, 2.24) is 9.47 Å². The van der Waals surface area contributed by atoms with Crippen LogP contribution >= 0.6 is 0 Å². The van der Waals surface area contributed by atoms with E-state index >= 15 is 0 Å². The second kappa shape index (κ2) is 6.90. The lowest BCUT2D eigenvalue weighted by Crippen LogP contribution is -2.47. The molecule has 0 amide bonds. The average molecular weight is 335 g/mol. The number of β-amino-alcohol motifs (C(OH)–C–C–N with tert-alkyl or cyclic N) is 1. The van der Waals surface area contributed by atoms with Crippen molar-refractivity contribution < 1.29 is 5.11 Å². The van der Waals surface area contributed by atoms with Gasteiger partial charge in [0.15, 0.2) is 0 Å². The van der Waals surface area contributed by atoms with Gasteiger partial charge in [-0.15, -0.1) is 0 Å². The zero-order valence-corrected chi connectivity index (χ0v) is 14.7. The molecule has 4 rings (SSSR count). The first-order valence-corrected chi connectivity index (χ1v) is 8.97. The molecule has 0 aliphatic carbocycles. The van der Waals surface area contributed by atoms with Crippen molar-refractivity contribution in [3.05, 3.63) is 66.4 Å². The number of hydrogen-bond donors (Lipinski definition) is 1. The van der Waals surface area contributed by atoms with Gasteiger partial charge in [0.1, 0.15) is 0 Å². The first kappa shape index (κ1) is 16.2. The zero-order valence-electron chi connectivity index (χ0n) is 14.7. The minimum Gasteiger partial charge on any atom is -0.387 e. The Balaban J connectivity index is 1.41.